The SMILES string of the molecule is CCCCCCCCNc1ccc(Cl)c(Cl)c1. The molecule has 1 rings (SSSR count). The lowest BCUT2D eigenvalue weighted by atomic mass is 10.1. The molecule has 0 aliphatic heterocycles. The highest BCUT2D eigenvalue weighted by Gasteiger charge is 1.98. The number of anilines is 1. The quantitative estimate of drug-likeness (QED) is 0.594. The largest absolute Gasteiger partial charge is 0.385 e. The van der Waals surface area contributed by atoms with E-state index in [4.69, 9.17) is 23.2 Å². The standard InChI is InChI=1S/C14H21Cl2N/c1-2-3-4-5-6-7-10-17-12-8-9-13(15)14(16)11-12/h8-9,11,17H,2-7,10H2,1H3. The van der Waals surface area contributed by atoms with Gasteiger partial charge in [0.15, 0.2) is 0 Å². The number of halogens is 2. The van der Waals surface area contributed by atoms with Crippen molar-refractivity contribution in [2.24, 2.45) is 0 Å². The van der Waals surface area contributed by atoms with E-state index in [-0.39, 0.29) is 0 Å². The molecule has 0 atom stereocenters. The first-order chi connectivity index (χ1) is 8.24. The van der Waals surface area contributed by atoms with Crippen molar-refractivity contribution < 1.29 is 0 Å². The molecule has 0 heterocycles. The molecule has 1 aromatic carbocycles. The summed E-state index contributed by atoms with van der Waals surface area (Å²) >= 11 is 11.8. The molecule has 0 radical (unpaired) electrons. The molecule has 0 unspecified atom stereocenters. The van der Waals surface area contributed by atoms with Crippen LogP contribution in [0.2, 0.25) is 10.0 Å². The average Bonchev–Trinajstić information content (AvgIpc) is 2.32. The molecule has 0 saturated carbocycles. The fourth-order valence-electron chi connectivity index (χ4n) is 1.74. The van der Waals surface area contributed by atoms with Gasteiger partial charge in [0.1, 0.15) is 0 Å². The molecule has 0 aromatic heterocycles. The average molecular weight is 274 g/mol. The van der Waals surface area contributed by atoms with Crippen molar-refractivity contribution >= 4 is 28.9 Å². The zero-order valence-electron chi connectivity index (χ0n) is 10.4. The van der Waals surface area contributed by atoms with Crippen molar-refractivity contribution in [3.63, 3.8) is 0 Å². The normalized spacial score (nSPS) is 10.5. The van der Waals surface area contributed by atoms with Crippen LogP contribution in [0.3, 0.4) is 0 Å². The summed E-state index contributed by atoms with van der Waals surface area (Å²) in [6, 6.07) is 5.67. The molecule has 0 bridgehead atoms. The van der Waals surface area contributed by atoms with Gasteiger partial charge in [-0.15, -0.1) is 0 Å². The maximum Gasteiger partial charge on any atom is 0.0612 e. The Labute approximate surface area is 115 Å². The van der Waals surface area contributed by atoms with E-state index in [1.807, 2.05) is 18.2 Å². The first-order valence-corrected chi connectivity index (χ1v) is 7.18. The van der Waals surface area contributed by atoms with Crippen molar-refractivity contribution in [2.45, 2.75) is 45.4 Å². The molecule has 0 aliphatic carbocycles. The number of hydrogen-bond acceptors (Lipinski definition) is 1. The Balaban J connectivity index is 2.11. The van der Waals surface area contributed by atoms with Crippen LogP contribution >= 0.6 is 23.2 Å². The lowest BCUT2D eigenvalue weighted by Gasteiger charge is -2.07. The van der Waals surface area contributed by atoms with Crippen LogP contribution < -0.4 is 5.32 Å². The van der Waals surface area contributed by atoms with Gasteiger partial charge in [-0.3, -0.25) is 0 Å². The first-order valence-electron chi connectivity index (χ1n) is 6.43. The summed E-state index contributed by atoms with van der Waals surface area (Å²) in [5.41, 5.74) is 1.05. The summed E-state index contributed by atoms with van der Waals surface area (Å²) in [7, 11) is 0. The number of hydrogen-bond donors (Lipinski definition) is 1. The Hall–Kier alpha value is -0.400. The molecular weight excluding hydrogens is 253 g/mol. The smallest absolute Gasteiger partial charge is 0.0612 e. The monoisotopic (exact) mass is 273 g/mol. The van der Waals surface area contributed by atoms with Gasteiger partial charge in [-0.1, -0.05) is 62.2 Å². The van der Waals surface area contributed by atoms with Crippen molar-refractivity contribution in [3.8, 4) is 0 Å². The third kappa shape index (κ3) is 6.18. The van der Waals surface area contributed by atoms with Crippen molar-refractivity contribution in [1.29, 1.82) is 0 Å². The molecule has 0 spiro atoms. The van der Waals surface area contributed by atoms with Crippen LogP contribution in [0, 0.1) is 0 Å². The van der Waals surface area contributed by atoms with Gasteiger partial charge in [-0.25, -0.2) is 0 Å². The van der Waals surface area contributed by atoms with Gasteiger partial charge in [0, 0.05) is 12.2 Å². The molecule has 0 fully saturated rings. The number of benzene rings is 1. The van der Waals surface area contributed by atoms with Crippen LogP contribution in [0.4, 0.5) is 5.69 Å². The number of unbranched alkanes of at least 4 members (excludes halogenated alkanes) is 5. The van der Waals surface area contributed by atoms with E-state index in [1.54, 1.807) is 0 Å². The van der Waals surface area contributed by atoms with Gasteiger partial charge in [-0.05, 0) is 24.6 Å². The Morgan fingerprint density at radius 3 is 2.35 bits per heavy atom. The van der Waals surface area contributed by atoms with Crippen molar-refractivity contribution in [2.75, 3.05) is 11.9 Å². The van der Waals surface area contributed by atoms with Crippen molar-refractivity contribution in [1.82, 2.24) is 0 Å². The number of nitrogens with one attached hydrogen (secondary N) is 1. The third-order valence-electron chi connectivity index (χ3n) is 2.78. The number of rotatable bonds is 8. The van der Waals surface area contributed by atoms with Crippen LogP contribution in [0.25, 0.3) is 0 Å². The topological polar surface area (TPSA) is 12.0 Å². The highest BCUT2D eigenvalue weighted by molar-refractivity contribution is 6.42. The highest BCUT2D eigenvalue weighted by Crippen LogP contribution is 2.24. The molecule has 17 heavy (non-hydrogen) atoms. The van der Waals surface area contributed by atoms with E-state index in [2.05, 4.69) is 12.2 Å². The summed E-state index contributed by atoms with van der Waals surface area (Å²) in [5, 5.41) is 4.58. The minimum Gasteiger partial charge on any atom is -0.385 e. The predicted molar refractivity (Wildman–Crippen MR) is 78.3 cm³/mol. The summed E-state index contributed by atoms with van der Waals surface area (Å²) in [4.78, 5) is 0. The lowest BCUT2D eigenvalue weighted by molar-refractivity contribution is 0.617. The molecule has 3 heteroatoms. The van der Waals surface area contributed by atoms with Gasteiger partial charge in [-0.2, -0.15) is 0 Å². The second kappa shape index (κ2) is 8.66. The van der Waals surface area contributed by atoms with Gasteiger partial charge in [0.05, 0.1) is 10.0 Å². The van der Waals surface area contributed by atoms with E-state index in [0.717, 1.165) is 12.2 Å². The van der Waals surface area contributed by atoms with Crippen LogP contribution in [0.1, 0.15) is 45.4 Å². The Kier molecular flexibility index (Phi) is 7.46. The molecule has 0 aliphatic rings. The van der Waals surface area contributed by atoms with Crippen molar-refractivity contribution in [3.05, 3.63) is 28.2 Å². The molecular formula is C14H21Cl2N. The first kappa shape index (κ1) is 14.7. The van der Waals surface area contributed by atoms with Crippen LogP contribution in [0.5, 0.6) is 0 Å². The van der Waals surface area contributed by atoms with Gasteiger partial charge < -0.3 is 5.32 Å². The van der Waals surface area contributed by atoms with E-state index >= 15 is 0 Å². The summed E-state index contributed by atoms with van der Waals surface area (Å²) < 4.78 is 0. The maximum atomic E-state index is 5.94. The van der Waals surface area contributed by atoms with E-state index in [9.17, 15) is 0 Å². The van der Waals surface area contributed by atoms with E-state index in [0.29, 0.717) is 10.0 Å². The zero-order chi connectivity index (χ0) is 12.5. The summed E-state index contributed by atoms with van der Waals surface area (Å²) in [6.45, 7) is 3.25. The maximum absolute atomic E-state index is 5.94. The fourth-order valence-corrected chi connectivity index (χ4v) is 2.04. The summed E-state index contributed by atoms with van der Waals surface area (Å²) in [5.74, 6) is 0. The Morgan fingerprint density at radius 1 is 0.941 bits per heavy atom. The Morgan fingerprint density at radius 2 is 1.65 bits per heavy atom. The minimum absolute atomic E-state index is 0.608. The molecule has 1 aromatic rings. The fraction of sp³-hybridized carbons (Fsp3) is 0.571. The Bertz CT molecular complexity index is 326. The van der Waals surface area contributed by atoms with Gasteiger partial charge in [0.2, 0.25) is 0 Å². The van der Waals surface area contributed by atoms with Gasteiger partial charge >= 0.3 is 0 Å². The predicted octanol–water partition coefficient (Wildman–Crippen LogP) is 5.77. The molecule has 1 nitrogen and oxygen atoms in total. The van der Waals surface area contributed by atoms with E-state index in [1.165, 1.54) is 38.5 Å². The van der Waals surface area contributed by atoms with Gasteiger partial charge in [0.25, 0.3) is 0 Å². The van der Waals surface area contributed by atoms with Crippen LogP contribution in [0.15, 0.2) is 18.2 Å². The second-order valence-electron chi connectivity index (χ2n) is 4.32. The lowest BCUT2D eigenvalue weighted by Crippen LogP contribution is -2.01. The van der Waals surface area contributed by atoms with E-state index < -0.39 is 0 Å². The molecule has 96 valence electrons. The third-order valence-corrected chi connectivity index (χ3v) is 3.52. The molecule has 1 N–H and O–H groups in total. The summed E-state index contributed by atoms with van der Waals surface area (Å²) in [6.07, 6.45) is 7.89. The second-order valence-corrected chi connectivity index (χ2v) is 5.14. The molecule has 0 amide bonds. The van der Waals surface area contributed by atoms with Crippen LogP contribution in [-0.4, -0.2) is 6.54 Å². The molecule has 0 saturated heterocycles. The van der Waals surface area contributed by atoms with Crippen LogP contribution in [-0.2, 0) is 0 Å². The zero-order valence-corrected chi connectivity index (χ0v) is 11.9. The highest BCUT2D eigenvalue weighted by atomic mass is 35.5. The minimum atomic E-state index is 0.608.